The first-order valence-corrected chi connectivity index (χ1v) is 11.9. The van der Waals surface area contributed by atoms with Crippen molar-refractivity contribution >= 4 is 5.91 Å². The van der Waals surface area contributed by atoms with E-state index in [1.165, 1.54) is 24.8 Å². The Morgan fingerprint density at radius 3 is 2.68 bits per heavy atom. The van der Waals surface area contributed by atoms with E-state index in [0.29, 0.717) is 18.6 Å². The van der Waals surface area contributed by atoms with Gasteiger partial charge in [0, 0.05) is 37.8 Å². The van der Waals surface area contributed by atoms with Gasteiger partial charge in [0.1, 0.15) is 5.75 Å². The fourth-order valence-electron chi connectivity index (χ4n) is 4.94. The number of benzene rings is 1. The predicted molar refractivity (Wildman–Crippen MR) is 123 cm³/mol. The Balaban J connectivity index is 1.36. The van der Waals surface area contributed by atoms with Crippen molar-refractivity contribution in [1.82, 2.24) is 15.2 Å². The number of carbonyl (C=O) groups excluding carboxylic acids is 1. The lowest BCUT2D eigenvalue weighted by atomic mass is 9.87. The average Bonchev–Trinajstić information content (AvgIpc) is 2.83. The molecule has 5 heteroatoms. The lowest BCUT2D eigenvalue weighted by Gasteiger charge is -2.38. The highest BCUT2D eigenvalue weighted by Crippen LogP contribution is 2.25. The lowest BCUT2D eigenvalue weighted by molar-refractivity contribution is -0.128. The number of hydrogen-bond donors (Lipinski definition) is 1. The van der Waals surface area contributed by atoms with Crippen molar-refractivity contribution in [2.24, 2.45) is 11.8 Å². The number of pyridine rings is 1. The van der Waals surface area contributed by atoms with Gasteiger partial charge in [-0.2, -0.15) is 0 Å². The quantitative estimate of drug-likeness (QED) is 0.698. The van der Waals surface area contributed by atoms with E-state index in [-0.39, 0.29) is 11.8 Å². The topological polar surface area (TPSA) is 54.5 Å². The summed E-state index contributed by atoms with van der Waals surface area (Å²) in [5.74, 6) is 1.41. The number of amides is 1. The zero-order valence-corrected chi connectivity index (χ0v) is 18.4. The summed E-state index contributed by atoms with van der Waals surface area (Å²) in [6.45, 7) is 3.41. The van der Waals surface area contributed by atoms with Gasteiger partial charge in [-0.15, -0.1) is 0 Å². The van der Waals surface area contributed by atoms with Crippen LogP contribution in [0.4, 0.5) is 0 Å². The highest BCUT2D eigenvalue weighted by Gasteiger charge is 2.33. The molecule has 2 heterocycles. The summed E-state index contributed by atoms with van der Waals surface area (Å²) >= 11 is 0. The number of likely N-dealkylation sites (tertiary alicyclic amines) is 1. The molecule has 1 saturated carbocycles. The molecule has 166 valence electrons. The number of ether oxygens (including phenoxy) is 1. The van der Waals surface area contributed by atoms with Gasteiger partial charge in [-0.3, -0.25) is 9.78 Å². The maximum atomic E-state index is 13.1. The summed E-state index contributed by atoms with van der Waals surface area (Å²) in [6, 6.07) is 14.8. The maximum absolute atomic E-state index is 13.1. The molecule has 2 aliphatic rings. The Morgan fingerprint density at radius 2 is 1.90 bits per heavy atom. The minimum absolute atomic E-state index is 0.0361. The van der Waals surface area contributed by atoms with Gasteiger partial charge in [-0.25, -0.2) is 0 Å². The molecule has 5 nitrogen and oxygen atoms in total. The zero-order chi connectivity index (χ0) is 21.3. The van der Waals surface area contributed by atoms with Gasteiger partial charge < -0.3 is 15.0 Å². The summed E-state index contributed by atoms with van der Waals surface area (Å²) in [7, 11) is 0. The first-order chi connectivity index (χ1) is 15.3. The molecule has 2 atom stereocenters. The van der Waals surface area contributed by atoms with Gasteiger partial charge in [0.15, 0.2) is 0 Å². The molecular formula is C26H35N3O2. The first-order valence-electron chi connectivity index (χ1n) is 11.9. The Hall–Kier alpha value is -2.40. The molecule has 1 amide bonds. The molecule has 1 aliphatic carbocycles. The maximum Gasteiger partial charge on any atom is 0.224 e. The third kappa shape index (κ3) is 6.79. The monoisotopic (exact) mass is 421 g/mol. The van der Waals surface area contributed by atoms with E-state index < -0.39 is 0 Å². The van der Waals surface area contributed by atoms with Crippen LogP contribution in [0.5, 0.6) is 5.75 Å². The normalized spacial score (nSPS) is 22.7. The molecular weight excluding hydrogens is 386 g/mol. The van der Waals surface area contributed by atoms with E-state index in [2.05, 4.69) is 45.5 Å². The third-order valence-electron chi connectivity index (χ3n) is 6.61. The van der Waals surface area contributed by atoms with Crippen molar-refractivity contribution in [3.8, 4) is 5.75 Å². The Morgan fingerprint density at radius 1 is 1.06 bits per heavy atom. The minimum atomic E-state index is 0.0361. The summed E-state index contributed by atoms with van der Waals surface area (Å²) in [4.78, 5) is 19.7. The highest BCUT2D eigenvalue weighted by molar-refractivity contribution is 5.79. The van der Waals surface area contributed by atoms with Crippen molar-refractivity contribution in [3.05, 3.63) is 60.4 Å². The molecule has 1 aromatic carbocycles. The van der Waals surface area contributed by atoms with Gasteiger partial charge >= 0.3 is 0 Å². The fourth-order valence-corrected chi connectivity index (χ4v) is 4.94. The number of aromatic nitrogens is 1. The van der Waals surface area contributed by atoms with Crippen molar-refractivity contribution in [2.45, 2.75) is 51.0 Å². The second-order valence-corrected chi connectivity index (χ2v) is 9.14. The van der Waals surface area contributed by atoms with Crippen LogP contribution in [-0.4, -0.2) is 48.1 Å². The van der Waals surface area contributed by atoms with Crippen LogP contribution in [-0.2, 0) is 11.2 Å². The van der Waals surface area contributed by atoms with Crippen LogP contribution in [0.2, 0.25) is 0 Å². The van der Waals surface area contributed by atoms with Gasteiger partial charge in [0.05, 0.1) is 18.7 Å². The molecule has 0 unspecified atom stereocenters. The molecule has 0 radical (unpaired) electrons. The van der Waals surface area contributed by atoms with Crippen LogP contribution >= 0.6 is 0 Å². The van der Waals surface area contributed by atoms with E-state index in [1.807, 2.05) is 12.1 Å². The van der Waals surface area contributed by atoms with Gasteiger partial charge in [0.25, 0.3) is 0 Å². The Bertz CT molecular complexity index is 741. The van der Waals surface area contributed by atoms with Crippen LogP contribution in [0.3, 0.4) is 0 Å². The largest absolute Gasteiger partial charge is 0.492 e. The standard InChI is InChI=1S/C26H35N3O2/c30-26(28-24-10-5-2-6-11-24)23-16-22(20-31-25-12-7-14-27-17-25)18-29(19-23)15-13-21-8-3-1-4-9-21/h1,3-4,7-9,12,14,17,22-24H,2,5-6,10-11,13,15-16,18-20H2,(H,28,30)/t22-,23+/m0/s1. The summed E-state index contributed by atoms with van der Waals surface area (Å²) in [6.07, 6.45) is 11.4. The van der Waals surface area contributed by atoms with Crippen molar-refractivity contribution in [2.75, 3.05) is 26.2 Å². The van der Waals surface area contributed by atoms with E-state index >= 15 is 0 Å². The summed E-state index contributed by atoms with van der Waals surface area (Å²) < 4.78 is 6.01. The lowest BCUT2D eigenvalue weighted by Crippen LogP contribution is -2.50. The third-order valence-corrected chi connectivity index (χ3v) is 6.61. The van der Waals surface area contributed by atoms with Crippen LogP contribution < -0.4 is 10.1 Å². The number of piperidine rings is 1. The molecule has 0 bridgehead atoms. The SMILES string of the molecule is O=C(NC1CCCCC1)[C@@H]1C[C@H](COc2cccnc2)CN(CCc2ccccc2)C1. The van der Waals surface area contributed by atoms with Gasteiger partial charge in [0.2, 0.25) is 5.91 Å². The second kappa shape index (κ2) is 11.3. The van der Waals surface area contributed by atoms with E-state index in [9.17, 15) is 4.79 Å². The average molecular weight is 422 g/mol. The smallest absolute Gasteiger partial charge is 0.224 e. The number of nitrogens with zero attached hydrogens (tertiary/aromatic N) is 2. The summed E-state index contributed by atoms with van der Waals surface area (Å²) in [5.41, 5.74) is 1.35. The van der Waals surface area contributed by atoms with E-state index in [4.69, 9.17) is 4.74 Å². The molecule has 2 fully saturated rings. The molecule has 0 spiro atoms. The molecule has 1 N–H and O–H groups in total. The van der Waals surface area contributed by atoms with E-state index in [1.54, 1.807) is 12.4 Å². The fraction of sp³-hybridized carbons (Fsp3) is 0.538. The Labute approximate surface area is 186 Å². The van der Waals surface area contributed by atoms with E-state index in [0.717, 1.165) is 51.1 Å². The molecule has 1 aromatic heterocycles. The molecule has 2 aromatic rings. The number of nitrogens with one attached hydrogen (secondary N) is 1. The first kappa shape index (κ1) is 21.8. The van der Waals surface area contributed by atoms with Gasteiger partial charge in [-0.05, 0) is 43.4 Å². The van der Waals surface area contributed by atoms with Crippen molar-refractivity contribution in [3.63, 3.8) is 0 Å². The van der Waals surface area contributed by atoms with Gasteiger partial charge in [-0.1, -0.05) is 49.6 Å². The second-order valence-electron chi connectivity index (χ2n) is 9.14. The van der Waals surface area contributed by atoms with Crippen LogP contribution in [0.25, 0.3) is 0 Å². The van der Waals surface area contributed by atoms with Crippen LogP contribution in [0.1, 0.15) is 44.1 Å². The molecule has 1 aliphatic heterocycles. The molecule has 31 heavy (non-hydrogen) atoms. The Kier molecular flexibility index (Phi) is 7.94. The molecule has 4 rings (SSSR count). The minimum Gasteiger partial charge on any atom is -0.492 e. The summed E-state index contributed by atoms with van der Waals surface area (Å²) in [5, 5.41) is 3.36. The molecule has 1 saturated heterocycles. The number of hydrogen-bond acceptors (Lipinski definition) is 4. The van der Waals surface area contributed by atoms with Crippen LogP contribution in [0, 0.1) is 11.8 Å². The number of carbonyl (C=O) groups is 1. The van der Waals surface area contributed by atoms with Crippen molar-refractivity contribution < 1.29 is 9.53 Å². The van der Waals surface area contributed by atoms with Crippen molar-refractivity contribution in [1.29, 1.82) is 0 Å². The highest BCUT2D eigenvalue weighted by atomic mass is 16.5. The number of rotatable bonds is 8. The zero-order valence-electron chi connectivity index (χ0n) is 18.4. The predicted octanol–water partition coefficient (Wildman–Crippen LogP) is 4.09. The van der Waals surface area contributed by atoms with Crippen LogP contribution in [0.15, 0.2) is 54.9 Å².